The molecule has 2 heterocycles. The number of carbonyl (C=O) groups excluding carboxylic acids is 2. The van der Waals surface area contributed by atoms with Crippen molar-refractivity contribution in [3.05, 3.63) is 70.6 Å². The maximum absolute atomic E-state index is 13.4. The molecule has 1 saturated heterocycles. The van der Waals surface area contributed by atoms with Crippen LogP contribution in [0.2, 0.25) is 5.02 Å². The highest BCUT2D eigenvalue weighted by Crippen LogP contribution is 2.34. The van der Waals surface area contributed by atoms with E-state index in [2.05, 4.69) is 10.6 Å². The summed E-state index contributed by atoms with van der Waals surface area (Å²) < 4.78 is 19.5. The summed E-state index contributed by atoms with van der Waals surface area (Å²) in [6.45, 7) is 3.63. The Morgan fingerprint density at radius 3 is 2.66 bits per heavy atom. The molecule has 0 radical (unpaired) electrons. The maximum Gasteiger partial charge on any atom is 0.326 e. The fourth-order valence-corrected chi connectivity index (χ4v) is 4.21. The molecule has 4 rings (SSSR count). The van der Waals surface area contributed by atoms with E-state index >= 15 is 0 Å². The Bertz CT molecular complexity index is 1040. The fourth-order valence-electron chi connectivity index (χ4n) is 3.95. The van der Waals surface area contributed by atoms with E-state index in [1.807, 2.05) is 6.92 Å². The SMILES string of the molecule is Cc1cc(Cl)c(OC2CCNCC2)cc1NC(=O)N1C=CC(=O)C[C@H]1c1ccc(F)cc1. The number of aryl methyl sites for hydroxylation is 1. The van der Waals surface area contributed by atoms with Gasteiger partial charge in [0.25, 0.3) is 0 Å². The number of halogens is 2. The van der Waals surface area contributed by atoms with Gasteiger partial charge in [-0.15, -0.1) is 0 Å². The number of rotatable bonds is 4. The summed E-state index contributed by atoms with van der Waals surface area (Å²) in [4.78, 5) is 26.6. The van der Waals surface area contributed by atoms with Crippen LogP contribution in [0, 0.1) is 12.7 Å². The predicted octanol–water partition coefficient (Wildman–Crippen LogP) is 4.98. The Morgan fingerprint density at radius 1 is 1.22 bits per heavy atom. The van der Waals surface area contributed by atoms with Crippen molar-refractivity contribution in [2.24, 2.45) is 0 Å². The normalized spacial score (nSPS) is 19.2. The summed E-state index contributed by atoms with van der Waals surface area (Å²) in [5.41, 5.74) is 2.05. The third-order valence-electron chi connectivity index (χ3n) is 5.74. The van der Waals surface area contributed by atoms with Crippen molar-refractivity contribution in [1.82, 2.24) is 10.2 Å². The van der Waals surface area contributed by atoms with E-state index in [1.165, 1.54) is 29.3 Å². The van der Waals surface area contributed by atoms with Gasteiger partial charge in [-0.2, -0.15) is 0 Å². The lowest BCUT2D eigenvalue weighted by molar-refractivity contribution is -0.116. The molecule has 2 aliphatic rings. The zero-order valence-corrected chi connectivity index (χ0v) is 18.5. The number of hydrogen-bond acceptors (Lipinski definition) is 4. The number of carbonyl (C=O) groups is 2. The molecule has 6 nitrogen and oxygen atoms in total. The van der Waals surface area contributed by atoms with Crippen LogP contribution in [-0.2, 0) is 4.79 Å². The van der Waals surface area contributed by atoms with Crippen LogP contribution in [0.4, 0.5) is 14.9 Å². The minimum atomic E-state index is -0.522. The number of amides is 2. The average molecular weight is 458 g/mol. The van der Waals surface area contributed by atoms with E-state index < -0.39 is 12.1 Å². The summed E-state index contributed by atoms with van der Waals surface area (Å²) in [5.74, 6) is 0.0584. The highest BCUT2D eigenvalue weighted by Gasteiger charge is 2.29. The zero-order valence-electron chi connectivity index (χ0n) is 17.7. The van der Waals surface area contributed by atoms with Crippen LogP contribution < -0.4 is 15.4 Å². The second-order valence-corrected chi connectivity index (χ2v) is 8.46. The molecular weight excluding hydrogens is 433 g/mol. The Morgan fingerprint density at radius 2 is 1.94 bits per heavy atom. The molecule has 168 valence electrons. The molecule has 1 fully saturated rings. The number of urea groups is 1. The molecule has 2 aliphatic heterocycles. The number of allylic oxidation sites excluding steroid dienone is 1. The Balaban J connectivity index is 1.55. The molecule has 0 bridgehead atoms. The van der Waals surface area contributed by atoms with Crippen molar-refractivity contribution in [1.29, 1.82) is 0 Å². The summed E-state index contributed by atoms with van der Waals surface area (Å²) in [6.07, 6.45) is 4.81. The molecule has 1 atom stereocenters. The van der Waals surface area contributed by atoms with Crippen LogP contribution in [0.15, 0.2) is 48.7 Å². The number of ketones is 1. The van der Waals surface area contributed by atoms with Gasteiger partial charge < -0.3 is 15.4 Å². The molecule has 0 spiro atoms. The molecule has 0 unspecified atom stereocenters. The lowest BCUT2D eigenvalue weighted by atomic mass is 9.97. The second-order valence-electron chi connectivity index (χ2n) is 8.06. The minimum absolute atomic E-state index is 0.0684. The standard InChI is InChI=1S/C24H25ClFN3O3/c1-15-12-20(25)23(32-19-6-9-27-10-7-19)14-21(15)28-24(31)29-11-8-18(30)13-22(29)16-2-4-17(26)5-3-16/h2-5,8,11-12,14,19,22,27H,6-7,9-10,13H2,1H3,(H,28,31)/t22-/m0/s1. The van der Waals surface area contributed by atoms with Gasteiger partial charge in [-0.05, 0) is 68.3 Å². The van der Waals surface area contributed by atoms with Crippen molar-refractivity contribution < 1.29 is 18.7 Å². The number of nitrogens with one attached hydrogen (secondary N) is 2. The molecule has 2 aromatic carbocycles. The molecule has 8 heteroatoms. The van der Waals surface area contributed by atoms with Gasteiger partial charge in [-0.25, -0.2) is 9.18 Å². The van der Waals surface area contributed by atoms with E-state index in [0.29, 0.717) is 22.0 Å². The summed E-state index contributed by atoms with van der Waals surface area (Å²) in [7, 11) is 0. The number of hydrogen-bond donors (Lipinski definition) is 2. The Kier molecular flexibility index (Phi) is 6.77. The van der Waals surface area contributed by atoms with Gasteiger partial charge in [0.05, 0.1) is 11.1 Å². The highest BCUT2D eigenvalue weighted by molar-refractivity contribution is 6.32. The molecule has 0 aromatic heterocycles. The highest BCUT2D eigenvalue weighted by atomic mass is 35.5. The van der Waals surface area contributed by atoms with Crippen LogP contribution in [-0.4, -0.2) is 35.9 Å². The first-order valence-electron chi connectivity index (χ1n) is 10.6. The average Bonchev–Trinajstić information content (AvgIpc) is 2.78. The lowest BCUT2D eigenvalue weighted by Crippen LogP contribution is -2.37. The third-order valence-corrected chi connectivity index (χ3v) is 6.04. The van der Waals surface area contributed by atoms with Gasteiger partial charge in [0.15, 0.2) is 5.78 Å². The zero-order chi connectivity index (χ0) is 22.7. The molecular formula is C24H25ClFN3O3. The van der Waals surface area contributed by atoms with E-state index in [0.717, 1.165) is 31.5 Å². The lowest BCUT2D eigenvalue weighted by Gasteiger charge is -2.31. The van der Waals surface area contributed by atoms with Gasteiger partial charge >= 0.3 is 6.03 Å². The van der Waals surface area contributed by atoms with Crippen molar-refractivity contribution in [3.63, 3.8) is 0 Å². The van der Waals surface area contributed by atoms with Crippen LogP contribution in [0.5, 0.6) is 5.75 Å². The van der Waals surface area contributed by atoms with Crippen LogP contribution in [0.25, 0.3) is 0 Å². The fraction of sp³-hybridized carbons (Fsp3) is 0.333. The van der Waals surface area contributed by atoms with E-state index in [9.17, 15) is 14.0 Å². The second kappa shape index (κ2) is 9.71. The van der Waals surface area contributed by atoms with Crippen LogP contribution in [0.3, 0.4) is 0 Å². The van der Waals surface area contributed by atoms with E-state index in [-0.39, 0.29) is 24.1 Å². The topological polar surface area (TPSA) is 70.7 Å². The summed E-state index contributed by atoms with van der Waals surface area (Å²) >= 11 is 6.39. The largest absolute Gasteiger partial charge is 0.489 e. The Labute approximate surface area is 191 Å². The molecule has 2 N–H and O–H groups in total. The van der Waals surface area contributed by atoms with Crippen LogP contribution in [0.1, 0.15) is 36.4 Å². The number of benzene rings is 2. The van der Waals surface area contributed by atoms with Gasteiger partial charge in [0, 0.05) is 24.4 Å². The molecule has 32 heavy (non-hydrogen) atoms. The third kappa shape index (κ3) is 5.11. The molecule has 0 saturated carbocycles. The molecule has 0 aliphatic carbocycles. The van der Waals surface area contributed by atoms with Crippen molar-refractivity contribution in [2.45, 2.75) is 38.3 Å². The van der Waals surface area contributed by atoms with E-state index in [1.54, 1.807) is 24.3 Å². The quantitative estimate of drug-likeness (QED) is 0.679. The molecule has 2 amide bonds. The maximum atomic E-state index is 13.4. The minimum Gasteiger partial charge on any atom is -0.489 e. The smallest absolute Gasteiger partial charge is 0.326 e. The monoisotopic (exact) mass is 457 g/mol. The van der Waals surface area contributed by atoms with Gasteiger partial charge in [-0.3, -0.25) is 9.69 Å². The predicted molar refractivity (Wildman–Crippen MR) is 121 cm³/mol. The Hall–Kier alpha value is -2.90. The van der Waals surface area contributed by atoms with Crippen LogP contribution >= 0.6 is 11.6 Å². The number of piperidine rings is 1. The van der Waals surface area contributed by atoms with E-state index in [4.69, 9.17) is 16.3 Å². The van der Waals surface area contributed by atoms with Crippen molar-refractivity contribution >= 4 is 29.1 Å². The van der Waals surface area contributed by atoms with Gasteiger partial charge in [0.1, 0.15) is 17.7 Å². The summed E-state index contributed by atoms with van der Waals surface area (Å²) in [5, 5.41) is 6.70. The summed E-state index contributed by atoms with van der Waals surface area (Å²) in [6, 6.07) is 8.40. The molecule has 2 aromatic rings. The first kappa shape index (κ1) is 22.3. The first-order valence-corrected chi connectivity index (χ1v) is 11.0. The number of ether oxygens (including phenoxy) is 1. The number of anilines is 1. The van der Waals surface area contributed by atoms with Gasteiger partial charge in [-0.1, -0.05) is 23.7 Å². The van der Waals surface area contributed by atoms with Crippen molar-refractivity contribution in [2.75, 3.05) is 18.4 Å². The number of nitrogens with zero attached hydrogens (tertiary/aromatic N) is 1. The first-order chi connectivity index (χ1) is 15.4. The van der Waals surface area contributed by atoms with Gasteiger partial charge in [0.2, 0.25) is 0 Å². The van der Waals surface area contributed by atoms with Crippen molar-refractivity contribution in [3.8, 4) is 5.75 Å².